The summed E-state index contributed by atoms with van der Waals surface area (Å²) in [6, 6.07) is 9.30. The van der Waals surface area contributed by atoms with Crippen LogP contribution in [0.3, 0.4) is 0 Å². The highest BCUT2D eigenvalue weighted by atomic mass is 19.4. The topological polar surface area (TPSA) is 119 Å². The van der Waals surface area contributed by atoms with E-state index in [-0.39, 0.29) is 42.1 Å². The first-order valence-electron chi connectivity index (χ1n) is 13.4. The van der Waals surface area contributed by atoms with Crippen molar-refractivity contribution < 1.29 is 36.8 Å². The number of aromatic nitrogens is 2. The Bertz CT molecular complexity index is 1470. The van der Waals surface area contributed by atoms with Crippen molar-refractivity contribution in [3.05, 3.63) is 64.8 Å². The molecule has 13 heteroatoms. The first kappa shape index (κ1) is 27.1. The van der Waals surface area contributed by atoms with Gasteiger partial charge in [-0.15, -0.1) is 13.2 Å². The van der Waals surface area contributed by atoms with Gasteiger partial charge in [0.1, 0.15) is 5.75 Å². The molecule has 2 unspecified atom stereocenters. The number of amides is 3. The van der Waals surface area contributed by atoms with Crippen LogP contribution in [0, 0.1) is 12.8 Å². The lowest BCUT2D eigenvalue weighted by molar-refractivity contribution is -0.274. The van der Waals surface area contributed by atoms with E-state index in [1.54, 1.807) is 17.9 Å². The zero-order valence-corrected chi connectivity index (χ0v) is 22.2. The van der Waals surface area contributed by atoms with E-state index in [2.05, 4.69) is 25.5 Å². The molecule has 1 saturated heterocycles. The number of halogens is 3. The van der Waals surface area contributed by atoms with Crippen molar-refractivity contribution in [1.82, 2.24) is 25.7 Å². The van der Waals surface area contributed by atoms with Gasteiger partial charge in [0.2, 0.25) is 11.8 Å². The highest BCUT2D eigenvalue weighted by Gasteiger charge is 2.47. The third-order valence-electron chi connectivity index (χ3n) is 7.58. The van der Waals surface area contributed by atoms with E-state index in [9.17, 15) is 22.8 Å². The Balaban J connectivity index is 1.23. The van der Waals surface area contributed by atoms with Crippen molar-refractivity contribution >= 4 is 11.9 Å². The minimum Gasteiger partial charge on any atom is -0.406 e. The van der Waals surface area contributed by atoms with Crippen LogP contribution < -0.4 is 15.4 Å². The number of fused-ring (bicyclic) bond motifs is 1. The molecular formula is C28H28F3N5O5. The summed E-state index contributed by atoms with van der Waals surface area (Å²) < 4.78 is 53.1. The van der Waals surface area contributed by atoms with Crippen LogP contribution >= 0.6 is 0 Å². The molecule has 2 fully saturated rings. The molecule has 1 aromatic heterocycles. The summed E-state index contributed by atoms with van der Waals surface area (Å²) >= 11 is 0. The Morgan fingerprint density at radius 2 is 2.00 bits per heavy atom. The number of alkyl halides is 3. The number of nitrogens with zero attached hydrogens (tertiary/aromatic N) is 3. The second-order valence-corrected chi connectivity index (χ2v) is 10.5. The van der Waals surface area contributed by atoms with Crippen molar-refractivity contribution in [1.29, 1.82) is 0 Å². The molecular weight excluding hydrogens is 543 g/mol. The van der Waals surface area contributed by atoms with Gasteiger partial charge in [-0.05, 0) is 59.7 Å². The average molecular weight is 572 g/mol. The van der Waals surface area contributed by atoms with Crippen LogP contribution in [0.5, 0.6) is 5.75 Å². The maximum atomic E-state index is 12.9. The van der Waals surface area contributed by atoms with Gasteiger partial charge in [0.05, 0.1) is 31.1 Å². The smallest absolute Gasteiger partial charge is 0.406 e. The van der Waals surface area contributed by atoms with Crippen molar-refractivity contribution in [3.63, 3.8) is 0 Å². The summed E-state index contributed by atoms with van der Waals surface area (Å²) in [5.41, 5.74) is 3.93. The molecule has 1 saturated carbocycles. The van der Waals surface area contributed by atoms with E-state index in [4.69, 9.17) is 9.26 Å². The van der Waals surface area contributed by atoms with Gasteiger partial charge in [0.25, 0.3) is 0 Å². The van der Waals surface area contributed by atoms with Gasteiger partial charge in [-0.25, -0.2) is 4.79 Å². The third kappa shape index (κ3) is 5.99. The summed E-state index contributed by atoms with van der Waals surface area (Å²) in [5.74, 6) is 0.180. The second-order valence-electron chi connectivity index (χ2n) is 10.5. The zero-order valence-electron chi connectivity index (χ0n) is 22.2. The molecule has 2 aliphatic heterocycles. The standard InChI is InChI=1S/C28H28F3N5O5/c1-15-33-26(41-35-15)23-10-22(23)25(37)32-11-17-5-6-20(16-3-2-4-19(9-16)40-28(29,30)31)21-7-8-36(12-24(17)21)27(38)34-18-13-39-14-18/h2-6,9,18,22-23H,7-8,10-14H2,1H3,(H,32,37)(H,34,38). The predicted molar refractivity (Wildman–Crippen MR) is 138 cm³/mol. The maximum Gasteiger partial charge on any atom is 0.573 e. The van der Waals surface area contributed by atoms with Gasteiger partial charge in [0.15, 0.2) is 5.82 Å². The minimum atomic E-state index is -4.80. The molecule has 3 heterocycles. The largest absolute Gasteiger partial charge is 0.573 e. The molecule has 2 atom stereocenters. The number of benzene rings is 2. The number of hydrogen-bond donors (Lipinski definition) is 2. The summed E-state index contributed by atoms with van der Waals surface area (Å²) in [5, 5.41) is 9.75. The Hall–Kier alpha value is -4.13. The molecule has 1 aliphatic carbocycles. The molecule has 3 aromatic rings. The fourth-order valence-electron chi connectivity index (χ4n) is 5.33. The van der Waals surface area contributed by atoms with E-state index < -0.39 is 6.36 Å². The molecule has 2 N–H and O–H groups in total. The second kappa shape index (κ2) is 10.7. The van der Waals surface area contributed by atoms with Gasteiger partial charge in [-0.2, -0.15) is 4.98 Å². The number of ether oxygens (including phenoxy) is 2. The Labute approximate surface area is 233 Å². The first-order chi connectivity index (χ1) is 19.6. The van der Waals surface area contributed by atoms with E-state index in [0.717, 1.165) is 22.3 Å². The lowest BCUT2D eigenvalue weighted by Gasteiger charge is -2.35. The summed E-state index contributed by atoms with van der Waals surface area (Å²) in [6.07, 6.45) is -3.69. The highest BCUT2D eigenvalue weighted by molar-refractivity contribution is 5.83. The van der Waals surface area contributed by atoms with E-state index in [1.165, 1.54) is 18.2 Å². The molecule has 0 bridgehead atoms. The molecule has 0 radical (unpaired) electrons. The number of urea groups is 1. The molecule has 10 nitrogen and oxygen atoms in total. The molecule has 3 amide bonds. The fraction of sp³-hybridized carbons (Fsp3) is 0.429. The predicted octanol–water partition coefficient (Wildman–Crippen LogP) is 3.83. The van der Waals surface area contributed by atoms with Gasteiger partial charge >= 0.3 is 12.4 Å². The van der Waals surface area contributed by atoms with Crippen LogP contribution in [-0.2, 0) is 29.0 Å². The molecule has 41 heavy (non-hydrogen) atoms. The summed E-state index contributed by atoms with van der Waals surface area (Å²) in [6.45, 7) is 3.62. The average Bonchev–Trinajstić information content (AvgIpc) is 3.60. The van der Waals surface area contributed by atoms with Crippen LogP contribution in [0.15, 0.2) is 40.9 Å². The Morgan fingerprint density at radius 1 is 1.17 bits per heavy atom. The third-order valence-corrected chi connectivity index (χ3v) is 7.58. The Morgan fingerprint density at radius 3 is 2.71 bits per heavy atom. The van der Waals surface area contributed by atoms with Crippen LogP contribution in [0.1, 0.15) is 40.7 Å². The van der Waals surface area contributed by atoms with Crippen LogP contribution in [0.25, 0.3) is 11.1 Å². The Kier molecular flexibility index (Phi) is 7.06. The highest BCUT2D eigenvalue weighted by Crippen LogP contribution is 2.47. The number of carbonyl (C=O) groups is 2. The lowest BCUT2D eigenvalue weighted by atomic mass is 9.87. The van der Waals surface area contributed by atoms with Gasteiger partial charge in [-0.3, -0.25) is 4.79 Å². The molecule has 3 aliphatic rings. The van der Waals surface area contributed by atoms with Crippen molar-refractivity contribution in [2.75, 3.05) is 19.8 Å². The normalized spacial score (nSPS) is 20.1. The van der Waals surface area contributed by atoms with E-state index in [1.807, 2.05) is 12.1 Å². The van der Waals surface area contributed by atoms with E-state index >= 15 is 0 Å². The molecule has 0 spiro atoms. The SMILES string of the molecule is Cc1noc(C2CC2C(=O)NCc2ccc(-c3cccc(OC(F)(F)F)c3)c3c2CN(C(=O)NC2COC2)CC3)n1. The van der Waals surface area contributed by atoms with E-state index in [0.29, 0.717) is 56.4 Å². The number of aryl methyl sites for hydroxylation is 1. The van der Waals surface area contributed by atoms with Crippen molar-refractivity contribution in [2.24, 2.45) is 5.92 Å². The van der Waals surface area contributed by atoms with Crippen molar-refractivity contribution in [2.45, 2.75) is 51.2 Å². The van der Waals surface area contributed by atoms with Gasteiger partial charge in [-0.1, -0.05) is 29.4 Å². The molecule has 6 rings (SSSR count). The molecule has 2 aromatic carbocycles. The summed E-state index contributed by atoms with van der Waals surface area (Å²) in [7, 11) is 0. The fourth-order valence-corrected chi connectivity index (χ4v) is 5.33. The van der Waals surface area contributed by atoms with Crippen LogP contribution in [-0.4, -0.2) is 59.1 Å². The van der Waals surface area contributed by atoms with Crippen LogP contribution in [0.2, 0.25) is 0 Å². The minimum absolute atomic E-state index is 0.0283. The quantitative estimate of drug-likeness (QED) is 0.443. The monoisotopic (exact) mass is 571 g/mol. The zero-order chi connectivity index (χ0) is 28.7. The number of carbonyl (C=O) groups excluding carboxylic acids is 2. The molecule has 216 valence electrons. The number of rotatable bonds is 7. The van der Waals surface area contributed by atoms with Gasteiger partial charge < -0.3 is 29.5 Å². The first-order valence-corrected chi connectivity index (χ1v) is 13.4. The van der Waals surface area contributed by atoms with Crippen LogP contribution in [0.4, 0.5) is 18.0 Å². The lowest BCUT2D eigenvalue weighted by Crippen LogP contribution is -2.53. The summed E-state index contributed by atoms with van der Waals surface area (Å²) in [4.78, 5) is 31.8. The maximum absolute atomic E-state index is 12.9. The van der Waals surface area contributed by atoms with Gasteiger partial charge in [0, 0.05) is 19.6 Å². The number of hydrogen-bond acceptors (Lipinski definition) is 7. The van der Waals surface area contributed by atoms with Crippen molar-refractivity contribution in [3.8, 4) is 16.9 Å². The number of nitrogens with one attached hydrogen (secondary N) is 2.